The summed E-state index contributed by atoms with van der Waals surface area (Å²) in [6.45, 7) is 4.24. The fourth-order valence-corrected chi connectivity index (χ4v) is 5.65. The number of halogens is 2. The van der Waals surface area contributed by atoms with Gasteiger partial charge in [-0.05, 0) is 92.9 Å². The SMILES string of the molecule is O=C(NCCCCCN1CCC2(CCc3ccccc32)CC1)Nc1cc(Cl)cc(Cl)c1. The normalized spacial score (nSPS) is 17.5. The Bertz CT molecular complexity index is 889. The number of hydrogen-bond acceptors (Lipinski definition) is 2. The van der Waals surface area contributed by atoms with Crippen LogP contribution in [-0.2, 0) is 11.8 Å². The highest BCUT2D eigenvalue weighted by Crippen LogP contribution is 2.46. The van der Waals surface area contributed by atoms with Crippen LogP contribution in [0.1, 0.15) is 49.7 Å². The molecule has 1 heterocycles. The second kappa shape index (κ2) is 10.2. The molecule has 0 saturated carbocycles. The largest absolute Gasteiger partial charge is 0.338 e. The number of hydrogen-bond donors (Lipinski definition) is 2. The summed E-state index contributed by atoms with van der Waals surface area (Å²) in [5, 5.41) is 6.68. The minimum atomic E-state index is -0.225. The zero-order chi connectivity index (χ0) is 21.7. The van der Waals surface area contributed by atoms with Gasteiger partial charge >= 0.3 is 6.03 Å². The van der Waals surface area contributed by atoms with Gasteiger partial charge in [0.15, 0.2) is 0 Å². The minimum absolute atomic E-state index is 0.225. The molecule has 0 bridgehead atoms. The Morgan fingerprint density at radius 1 is 0.968 bits per heavy atom. The molecule has 1 saturated heterocycles. The van der Waals surface area contributed by atoms with Gasteiger partial charge < -0.3 is 15.5 Å². The third kappa shape index (κ3) is 5.74. The number of benzene rings is 2. The Hall–Kier alpha value is -1.75. The molecule has 2 aliphatic rings. The molecule has 1 aliphatic heterocycles. The van der Waals surface area contributed by atoms with Crippen LogP contribution in [-0.4, -0.2) is 37.1 Å². The maximum absolute atomic E-state index is 12.0. The average Bonchev–Trinajstić information content (AvgIpc) is 3.10. The molecule has 166 valence electrons. The summed E-state index contributed by atoms with van der Waals surface area (Å²) in [4.78, 5) is 14.6. The molecule has 0 aromatic heterocycles. The summed E-state index contributed by atoms with van der Waals surface area (Å²) in [6, 6.07) is 13.8. The number of fused-ring (bicyclic) bond motifs is 2. The number of likely N-dealkylation sites (tertiary alicyclic amines) is 1. The van der Waals surface area contributed by atoms with Gasteiger partial charge in [0.2, 0.25) is 0 Å². The predicted octanol–water partition coefficient (Wildman–Crippen LogP) is 6.27. The molecule has 1 aliphatic carbocycles. The van der Waals surface area contributed by atoms with Crippen LogP contribution in [0.4, 0.5) is 10.5 Å². The first-order chi connectivity index (χ1) is 15.0. The van der Waals surface area contributed by atoms with Crippen molar-refractivity contribution in [2.75, 3.05) is 31.5 Å². The van der Waals surface area contributed by atoms with Crippen molar-refractivity contribution in [3.8, 4) is 0 Å². The fourth-order valence-electron chi connectivity index (χ4n) is 5.13. The van der Waals surface area contributed by atoms with E-state index in [4.69, 9.17) is 23.2 Å². The molecule has 4 rings (SSSR count). The highest BCUT2D eigenvalue weighted by molar-refractivity contribution is 6.35. The number of anilines is 1. The number of carbonyl (C=O) groups is 1. The summed E-state index contributed by atoms with van der Waals surface area (Å²) in [5.41, 5.74) is 4.24. The molecule has 2 amide bonds. The first-order valence-corrected chi connectivity index (χ1v) is 12.1. The molecule has 1 spiro atoms. The van der Waals surface area contributed by atoms with Crippen LogP contribution >= 0.6 is 23.2 Å². The van der Waals surface area contributed by atoms with E-state index in [0.29, 0.717) is 27.7 Å². The summed E-state index contributed by atoms with van der Waals surface area (Å²) >= 11 is 11.9. The van der Waals surface area contributed by atoms with E-state index in [1.54, 1.807) is 29.3 Å². The van der Waals surface area contributed by atoms with Gasteiger partial charge in [-0.2, -0.15) is 0 Å². The number of nitrogens with zero attached hydrogens (tertiary/aromatic N) is 1. The highest BCUT2D eigenvalue weighted by Gasteiger charge is 2.40. The van der Waals surface area contributed by atoms with Gasteiger partial charge in [0.1, 0.15) is 0 Å². The van der Waals surface area contributed by atoms with Gasteiger partial charge in [-0.15, -0.1) is 0 Å². The average molecular weight is 460 g/mol. The lowest BCUT2D eigenvalue weighted by Gasteiger charge is -2.40. The Balaban J connectivity index is 1.09. The van der Waals surface area contributed by atoms with Gasteiger partial charge in [0.05, 0.1) is 0 Å². The first-order valence-electron chi connectivity index (χ1n) is 11.4. The Kier molecular flexibility index (Phi) is 7.42. The maximum Gasteiger partial charge on any atom is 0.319 e. The fraction of sp³-hybridized carbons (Fsp3) is 0.480. The van der Waals surface area contributed by atoms with Crippen LogP contribution < -0.4 is 10.6 Å². The number of rotatable bonds is 7. The van der Waals surface area contributed by atoms with Crippen LogP contribution in [0.5, 0.6) is 0 Å². The van der Waals surface area contributed by atoms with E-state index in [0.717, 1.165) is 19.4 Å². The molecule has 0 atom stereocenters. The molecule has 2 N–H and O–H groups in total. The standard InChI is InChI=1S/C25H31Cl2N3O/c26-20-16-21(27)18-22(17-20)29-24(31)28-12-4-1-5-13-30-14-10-25(11-15-30)9-8-19-6-2-3-7-23(19)25/h2-3,6-7,16-18H,1,4-5,8-15H2,(H2,28,29,31). The summed E-state index contributed by atoms with van der Waals surface area (Å²) in [7, 11) is 0. The minimum Gasteiger partial charge on any atom is -0.338 e. The zero-order valence-electron chi connectivity index (χ0n) is 17.9. The second-order valence-electron chi connectivity index (χ2n) is 8.88. The van der Waals surface area contributed by atoms with Crippen LogP contribution in [0.15, 0.2) is 42.5 Å². The Labute approximate surface area is 195 Å². The van der Waals surface area contributed by atoms with Gasteiger partial charge in [0, 0.05) is 22.3 Å². The van der Waals surface area contributed by atoms with E-state index >= 15 is 0 Å². The number of piperidine rings is 1. The molecule has 31 heavy (non-hydrogen) atoms. The molecule has 1 fully saturated rings. The summed E-state index contributed by atoms with van der Waals surface area (Å²) < 4.78 is 0. The van der Waals surface area contributed by atoms with E-state index in [2.05, 4.69) is 39.8 Å². The van der Waals surface area contributed by atoms with E-state index in [9.17, 15) is 4.79 Å². The number of nitrogens with one attached hydrogen (secondary N) is 2. The Morgan fingerprint density at radius 2 is 1.71 bits per heavy atom. The predicted molar refractivity (Wildman–Crippen MR) is 129 cm³/mol. The maximum atomic E-state index is 12.0. The third-order valence-electron chi connectivity index (χ3n) is 6.83. The number of amides is 2. The third-order valence-corrected chi connectivity index (χ3v) is 7.27. The van der Waals surface area contributed by atoms with Crippen molar-refractivity contribution >= 4 is 34.9 Å². The molecule has 2 aromatic rings. The lowest BCUT2D eigenvalue weighted by atomic mass is 9.74. The molecule has 4 nitrogen and oxygen atoms in total. The van der Waals surface area contributed by atoms with Crippen molar-refractivity contribution in [2.24, 2.45) is 0 Å². The lowest BCUT2D eigenvalue weighted by Crippen LogP contribution is -2.41. The van der Waals surface area contributed by atoms with E-state index in [1.165, 1.54) is 45.2 Å². The van der Waals surface area contributed by atoms with Crippen molar-refractivity contribution in [1.29, 1.82) is 0 Å². The molecular weight excluding hydrogens is 429 g/mol. The number of carbonyl (C=O) groups excluding carboxylic acids is 1. The van der Waals surface area contributed by atoms with Crippen LogP contribution in [0.25, 0.3) is 0 Å². The van der Waals surface area contributed by atoms with Gasteiger partial charge in [0.25, 0.3) is 0 Å². The highest BCUT2D eigenvalue weighted by atomic mass is 35.5. The smallest absolute Gasteiger partial charge is 0.319 e. The molecule has 0 unspecified atom stereocenters. The zero-order valence-corrected chi connectivity index (χ0v) is 19.4. The topological polar surface area (TPSA) is 44.4 Å². The quantitative estimate of drug-likeness (QED) is 0.479. The van der Waals surface area contributed by atoms with Crippen LogP contribution in [0.3, 0.4) is 0 Å². The number of aryl methyl sites for hydroxylation is 1. The van der Waals surface area contributed by atoms with Crippen LogP contribution in [0, 0.1) is 0 Å². The van der Waals surface area contributed by atoms with Gasteiger partial charge in [-0.3, -0.25) is 0 Å². The van der Waals surface area contributed by atoms with E-state index in [-0.39, 0.29) is 6.03 Å². The number of unbranched alkanes of at least 4 members (excludes halogenated alkanes) is 2. The molecule has 0 radical (unpaired) electrons. The van der Waals surface area contributed by atoms with E-state index < -0.39 is 0 Å². The van der Waals surface area contributed by atoms with Crippen molar-refractivity contribution in [3.05, 3.63) is 63.6 Å². The number of urea groups is 1. The van der Waals surface area contributed by atoms with Crippen LogP contribution in [0.2, 0.25) is 10.0 Å². The first kappa shape index (κ1) is 22.4. The summed E-state index contributed by atoms with van der Waals surface area (Å²) in [5.74, 6) is 0. The summed E-state index contributed by atoms with van der Waals surface area (Å²) in [6.07, 6.45) is 8.44. The van der Waals surface area contributed by atoms with E-state index in [1.807, 2.05) is 0 Å². The molecule has 6 heteroatoms. The molecule has 2 aromatic carbocycles. The Morgan fingerprint density at radius 3 is 2.48 bits per heavy atom. The van der Waals surface area contributed by atoms with Crippen molar-refractivity contribution in [1.82, 2.24) is 10.2 Å². The van der Waals surface area contributed by atoms with Gasteiger partial charge in [-0.1, -0.05) is 53.9 Å². The van der Waals surface area contributed by atoms with Crippen molar-refractivity contribution in [3.63, 3.8) is 0 Å². The van der Waals surface area contributed by atoms with Crippen molar-refractivity contribution < 1.29 is 4.79 Å². The van der Waals surface area contributed by atoms with Gasteiger partial charge in [-0.25, -0.2) is 4.79 Å². The lowest BCUT2D eigenvalue weighted by molar-refractivity contribution is 0.156. The second-order valence-corrected chi connectivity index (χ2v) is 9.75. The molecular formula is C25H31Cl2N3O. The monoisotopic (exact) mass is 459 g/mol. The van der Waals surface area contributed by atoms with Crippen molar-refractivity contribution in [2.45, 2.75) is 50.4 Å².